The summed E-state index contributed by atoms with van der Waals surface area (Å²) in [6, 6.07) is 20.8. The summed E-state index contributed by atoms with van der Waals surface area (Å²) in [7, 11) is 1.87. The second kappa shape index (κ2) is 9.11. The first-order chi connectivity index (χ1) is 14.6. The van der Waals surface area contributed by atoms with E-state index in [1.807, 2.05) is 55.6 Å². The zero-order chi connectivity index (χ0) is 20.9. The van der Waals surface area contributed by atoms with Crippen LogP contribution in [0.25, 0.3) is 22.4 Å². The quantitative estimate of drug-likeness (QED) is 0.341. The molecule has 0 radical (unpaired) electrons. The van der Waals surface area contributed by atoms with Gasteiger partial charge in [-0.1, -0.05) is 12.1 Å². The van der Waals surface area contributed by atoms with Crippen molar-refractivity contribution in [2.75, 3.05) is 25.5 Å². The van der Waals surface area contributed by atoms with Crippen LogP contribution in [0.2, 0.25) is 0 Å². The van der Waals surface area contributed by atoms with Crippen LogP contribution >= 0.6 is 15.9 Å². The first-order valence-electron chi connectivity index (χ1n) is 9.57. The molecule has 0 aliphatic carbocycles. The lowest BCUT2D eigenvalue weighted by atomic mass is 10.1. The summed E-state index contributed by atoms with van der Waals surface area (Å²) in [5, 5.41) is 5.95. The number of aromatic amines is 1. The lowest BCUT2D eigenvalue weighted by Gasteiger charge is -2.10. The van der Waals surface area contributed by atoms with E-state index in [9.17, 15) is 4.79 Å². The minimum absolute atomic E-state index is 0.186. The number of para-hydroxylation sites is 2. The topological polar surface area (TPSA) is 79.0 Å². The van der Waals surface area contributed by atoms with E-state index in [-0.39, 0.29) is 5.91 Å². The molecule has 0 aliphatic rings. The number of hydrogen-bond acceptors (Lipinski definition) is 4. The number of carbonyl (C=O) groups excluding carboxylic acids is 1. The maximum Gasteiger partial charge on any atom is 0.255 e. The van der Waals surface area contributed by atoms with Crippen molar-refractivity contribution in [2.24, 2.45) is 0 Å². The fourth-order valence-electron chi connectivity index (χ4n) is 3.03. The molecule has 0 saturated heterocycles. The molecule has 0 bridgehead atoms. The fourth-order valence-corrected chi connectivity index (χ4v) is 3.52. The van der Waals surface area contributed by atoms with Crippen molar-refractivity contribution >= 4 is 38.6 Å². The van der Waals surface area contributed by atoms with E-state index in [0.717, 1.165) is 33.4 Å². The molecule has 1 heterocycles. The van der Waals surface area contributed by atoms with Crippen molar-refractivity contribution < 1.29 is 9.53 Å². The molecule has 4 aromatic rings. The number of rotatable bonds is 7. The normalized spacial score (nSPS) is 10.9. The maximum absolute atomic E-state index is 12.6. The molecule has 4 rings (SSSR count). The third kappa shape index (κ3) is 4.53. The Morgan fingerprint density at radius 1 is 1.10 bits per heavy atom. The maximum atomic E-state index is 12.6. The Kier molecular flexibility index (Phi) is 6.11. The smallest absolute Gasteiger partial charge is 0.255 e. The molecular formula is C23H21BrN4O2. The number of nitrogens with one attached hydrogen (secondary N) is 3. The predicted molar refractivity (Wildman–Crippen MR) is 123 cm³/mol. The highest BCUT2D eigenvalue weighted by molar-refractivity contribution is 9.10. The lowest BCUT2D eigenvalue weighted by molar-refractivity contribution is 0.102. The molecule has 1 amide bonds. The summed E-state index contributed by atoms with van der Waals surface area (Å²) in [5.74, 6) is 1.32. The summed E-state index contributed by atoms with van der Waals surface area (Å²) >= 11 is 3.47. The molecule has 0 saturated carbocycles. The summed E-state index contributed by atoms with van der Waals surface area (Å²) < 4.78 is 6.40. The van der Waals surface area contributed by atoms with Gasteiger partial charge in [-0.05, 0) is 77.6 Å². The molecule has 7 heteroatoms. The molecule has 0 atom stereocenters. The van der Waals surface area contributed by atoms with Crippen molar-refractivity contribution in [3.63, 3.8) is 0 Å². The van der Waals surface area contributed by atoms with Crippen LogP contribution in [0.1, 0.15) is 10.4 Å². The predicted octanol–water partition coefficient (Wildman–Crippen LogP) is 4.84. The molecule has 6 nitrogen and oxygen atoms in total. The van der Waals surface area contributed by atoms with Gasteiger partial charge in [-0.3, -0.25) is 4.79 Å². The Morgan fingerprint density at radius 3 is 2.63 bits per heavy atom. The molecule has 0 aliphatic heterocycles. The van der Waals surface area contributed by atoms with E-state index in [0.29, 0.717) is 23.6 Å². The van der Waals surface area contributed by atoms with Crippen LogP contribution in [0, 0.1) is 0 Å². The van der Waals surface area contributed by atoms with Gasteiger partial charge in [-0.15, -0.1) is 0 Å². The summed E-state index contributed by atoms with van der Waals surface area (Å²) in [5.41, 5.74) is 4.13. The van der Waals surface area contributed by atoms with Gasteiger partial charge in [-0.25, -0.2) is 4.98 Å². The second-order valence-corrected chi connectivity index (χ2v) is 7.59. The largest absolute Gasteiger partial charge is 0.491 e. The first kappa shape index (κ1) is 20.1. The average molecular weight is 465 g/mol. The highest BCUT2D eigenvalue weighted by Crippen LogP contribution is 2.27. The molecule has 152 valence electrons. The Balaban J connectivity index is 1.44. The van der Waals surface area contributed by atoms with Crippen LogP contribution in [0.3, 0.4) is 0 Å². The highest BCUT2D eigenvalue weighted by atomic mass is 79.9. The van der Waals surface area contributed by atoms with Crippen LogP contribution in [0.4, 0.5) is 5.69 Å². The number of hydrogen-bond donors (Lipinski definition) is 3. The number of aromatic nitrogens is 2. The van der Waals surface area contributed by atoms with E-state index < -0.39 is 0 Å². The minimum atomic E-state index is -0.186. The zero-order valence-corrected chi connectivity index (χ0v) is 18.0. The fraction of sp³-hybridized carbons (Fsp3) is 0.130. The van der Waals surface area contributed by atoms with Gasteiger partial charge >= 0.3 is 0 Å². The van der Waals surface area contributed by atoms with Gasteiger partial charge in [0, 0.05) is 23.4 Å². The van der Waals surface area contributed by atoms with Gasteiger partial charge in [0.1, 0.15) is 18.2 Å². The van der Waals surface area contributed by atoms with Crippen LogP contribution < -0.4 is 15.4 Å². The SMILES string of the molecule is CNCCOc1ccc(C(=O)Nc2ccc(-c3nc4ccccc4[nH]3)cc2)cc1Br. The number of carbonyl (C=O) groups is 1. The van der Waals surface area contributed by atoms with Gasteiger partial charge in [-0.2, -0.15) is 0 Å². The average Bonchev–Trinajstić information content (AvgIpc) is 3.20. The van der Waals surface area contributed by atoms with Crippen LogP contribution in [0.5, 0.6) is 5.75 Å². The highest BCUT2D eigenvalue weighted by Gasteiger charge is 2.11. The number of H-pyrrole nitrogens is 1. The zero-order valence-electron chi connectivity index (χ0n) is 16.4. The Labute approximate surface area is 182 Å². The Morgan fingerprint density at radius 2 is 1.90 bits per heavy atom. The van der Waals surface area contributed by atoms with Gasteiger partial charge < -0.3 is 20.4 Å². The minimum Gasteiger partial charge on any atom is -0.491 e. The third-order valence-corrected chi connectivity index (χ3v) is 5.23. The molecule has 1 aromatic heterocycles. The number of benzene rings is 3. The number of nitrogens with zero attached hydrogens (tertiary/aromatic N) is 1. The van der Waals surface area contributed by atoms with Gasteiger partial charge in [0.25, 0.3) is 5.91 Å². The monoisotopic (exact) mass is 464 g/mol. The number of anilines is 1. The number of halogens is 1. The van der Waals surface area contributed by atoms with Crippen molar-refractivity contribution in [3.8, 4) is 17.1 Å². The molecule has 0 spiro atoms. The number of imidazole rings is 1. The summed E-state index contributed by atoms with van der Waals surface area (Å²) in [6.07, 6.45) is 0. The van der Waals surface area contributed by atoms with Gasteiger partial charge in [0.05, 0.1) is 15.5 Å². The Bertz CT molecular complexity index is 1140. The lowest BCUT2D eigenvalue weighted by Crippen LogP contribution is -2.16. The number of likely N-dealkylation sites (N-methyl/N-ethyl adjacent to an activating group) is 1. The number of amides is 1. The van der Waals surface area contributed by atoms with Crippen LogP contribution in [-0.4, -0.2) is 36.1 Å². The molecule has 30 heavy (non-hydrogen) atoms. The third-order valence-electron chi connectivity index (χ3n) is 4.61. The van der Waals surface area contributed by atoms with E-state index in [2.05, 4.69) is 36.5 Å². The first-order valence-corrected chi connectivity index (χ1v) is 10.4. The van der Waals surface area contributed by atoms with Gasteiger partial charge in [0.15, 0.2) is 0 Å². The van der Waals surface area contributed by atoms with Crippen molar-refractivity contribution in [1.82, 2.24) is 15.3 Å². The number of fused-ring (bicyclic) bond motifs is 1. The van der Waals surface area contributed by atoms with Crippen molar-refractivity contribution in [2.45, 2.75) is 0 Å². The second-order valence-electron chi connectivity index (χ2n) is 6.73. The molecule has 0 fully saturated rings. The van der Waals surface area contributed by atoms with E-state index in [4.69, 9.17) is 4.74 Å². The van der Waals surface area contributed by atoms with E-state index >= 15 is 0 Å². The molecule has 0 unspecified atom stereocenters. The van der Waals surface area contributed by atoms with E-state index in [1.165, 1.54) is 0 Å². The van der Waals surface area contributed by atoms with Crippen molar-refractivity contribution in [3.05, 3.63) is 76.8 Å². The molecule has 3 N–H and O–H groups in total. The van der Waals surface area contributed by atoms with Crippen LogP contribution in [0.15, 0.2) is 71.2 Å². The standard InChI is InChI=1S/C23H21BrN4O2/c1-25-12-13-30-21-11-8-16(14-18(21)24)23(29)26-17-9-6-15(7-10-17)22-27-19-4-2-3-5-20(19)28-22/h2-11,14,25H,12-13H2,1H3,(H,26,29)(H,27,28). The number of ether oxygens (including phenoxy) is 1. The summed E-state index contributed by atoms with van der Waals surface area (Å²) in [6.45, 7) is 1.30. The van der Waals surface area contributed by atoms with Crippen molar-refractivity contribution in [1.29, 1.82) is 0 Å². The molecule has 3 aromatic carbocycles. The van der Waals surface area contributed by atoms with Crippen LogP contribution in [-0.2, 0) is 0 Å². The summed E-state index contributed by atoms with van der Waals surface area (Å²) in [4.78, 5) is 20.5. The van der Waals surface area contributed by atoms with E-state index in [1.54, 1.807) is 18.2 Å². The van der Waals surface area contributed by atoms with Gasteiger partial charge in [0.2, 0.25) is 0 Å². The molecular weight excluding hydrogens is 444 g/mol. The Hall–Kier alpha value is -3.16.